The first-order valence-corrected chi connectivity index (χ1v) is 4.88. The molecule has 0 aromatic carbocycles. The van der Waals surface area contributed by atoms with Crippen LogP contribution in [-0.4, -0.2) is 29.1 Å². The quantitative estimate of drug-likeness (QED) is 0.649. The molecule has 0 aliphatic rings. The first-order valence-electron chi connectivity index (χ1n) is 4.09. The molecular weight excluding hydrogens is 232 g/mol. The molecule has 0 bridgehead atoms. The van der Waals surface area contributed by atoms with Gasteiger partial charge in [0.05, 0.1) is 0 Å². The Hall–Kier alpha value is -0.680. The highest BCUT2D eigenvalue weighted by Crippen LogP contribution is 2.12. The Bertz CT molecular complexity index is 287. The van der Waals surface area contributed by atoms with Gasteiger partial charge in [-0.3, -0.25) is 0 Å². The molecule has 0 radical (unpaired) electrons. The SMILES string of the molecule is CCc1nc(Br)cc(NN(C)C)n1. The van der Waals surface area contributed by atoms with Crippen molar-refractivity contribution >= 4 is 21.7 Å². The zero-order chi connectivity index (χ0) is 9.84. The van der Waals surface area contributed by atoms with Gasteiger partial charge in [0.25, 0.3) is 0 Å². The maximum atomic E-state index is 4.30. The molecule has 0 fully saturated rings. The lowest BCUT2D eigenvalue weighted by molar-refractivity contribution is 0.491. The molecule has 4 nitrogen and oxygen atoms in total. The summed E-state index contributed by atoms with van der Waals surface area (Å²) < 4.78 is 0.809. The fraction of sp³-hybridized carbons (Fsp3) is 0.500. The van der Waals surface area contributed by atoms with Gasteiger partial charge in [0.15, 0.2) is 0 Å². The van der Waals surface area contributed by atoms with Crippen molar-refractivity contribution in [3.05, 3.63) is 16.5 Å². The van der Waals surface area contributed by atoms with E-state index >= 15 is 0 Å². The van der Waals surface area contributed by atoms with Gasteiger partial charge < -0.3 is 5.43 Å². The summed E-state index contributed by atoms with van der Waals surface area (Å²) in [6, 6.07) is 1.85. The Balaban J connectivity index is 2.88. The van der Waals surface area contributed by atoms with Gasteiger partial charge in [0.2, 0.25) is 0 Å². The Morgan fingerprint density at radius 1 is 1.46 bits per heavy atom. The van der Waals surface area contributed by atoms with Crippen LogP contribution < -0.4 is 5.43 Å². The molecule has 72 valence electrons. The molecule has 1 aromatic heterocycles. The number of hydrazine groups is 1. The summed E-state index contributed by atoms with van der Waals surface area (Å²) in [6.07, 6.45) is 0.835. The van der Waals surface area contributed by atoms with Crippen molar-refractivity contribution in [1.82, 2.24) is 15.0 Å². The average molecular weight is 245 g/mol. The van der Waals surface area contributed by atoms with E-state index in [1.165, 1.54) is 0 Å². The van der Waals surface area contributed by atoms with Crippen molar-refractivity contribution in [2.24, 2.45) is 0 Å². The number of halogens is 1. The van der Waals surface area contributed by atoms with Crippen LogP contribution in [0, 0.1) is 0 Å². The standard InChI is InChI=1S/C8H13BrN4/c1-4-7-10-6(9)5-8(11-7)12-13(2)3/h5H,4H2,1-3H3,(H,10,11,12). The molecule has 0 atom stereocenters. The van der Waals surface area contributed by atoms with E-state index in [1.807, 2.05) is 32.1 Å². The van der Waals surface area contributed by atoms with E-state index in [9.17, 15) is 0 Å². The molecular formula is C8H13BrN4. The zero-order valence-corrected chi connectivity index (χ0v) is 9.59. The van der Waals surface area contributed by atoms with Gasteiger partial charge in [-0.2, -0.15) is 0 Å². The minimum Gasteiger partial charge on any atom is -0.303 e. The van der Waals surface area contributed by atoms with E-state index in [0.717, 1.165) is 22.7 Å². The summed E-state index contributed by atoms with van der Waals surface area (Å²) in [7, 11) is 3.84. The van der Waals surface area contributed by atoms with E-state index in [1.54, 1.807) is 0 Å². The number of aryl methyl sites for hydroxylation is 1. The third kappa shape index (κ3) is 3.28. The second-order valence-corrected chi connectivity index (χ2v) is 3.66. The molecule has 0 aliphatic heterocycles. The summed E-state index contributed by atoms with van der Waals surface area (Å²) in [6.45, 7) is 2.03. The topological polar surface area (TPSA) is 41.1 Å². The molecule has 0 unspecified atom stereocenters. The Morgan fingerprint density at radius 2 is 2.15 bits per heavy atom. The second kappa shape index (κ2) is 4.53. The molecule has 0 amide bonds. The van der Waals surface area contributed by atoms with Crippen LogP contribution in [0.1, 0.15) is 12.7 Å². The number of nitrogens with one attached hydrogen (secondary N) is 1. The number of rotatable bonds is 3. The minimum absolute atomic E-state index is 0.809. The average Bonchev–Trinajstić information content (AvgIpc) is 2.01. The first kappa shape index (κ1) is 10.4. The summed E-state index contributed by atoms with van der Waals surface area (Å²) in [5.41, 5.74) is 3.07. The van der Waals surface area contributed by atoms with Gasteiger partial charge >= 0.3 is 0 Å². The van der Waals surface area contributed by atoms with Gasteiger partial charge in [-0.15, -0.1) is 0 Å². The van der Waals surface area contributed by atoms with Gasteiger partial charge in [0.1, 0.15) is 16.2 Å². The summed E-state index contributed by atoms with van der Waals surface area (Å²) in [5.74, 6) is 1.64. The molecule has 0 saturated heterocycles. The fourth-order valence-electron chi connectivity index (χ4n) is 0.909. The van der Waals surface area contributed by atoms with E-state index in [0.29, 0.717) is 0 Å². The van der Waals surface area contributed by atoms with Gasteiger partial charge in [-0.25, -0.2) is 15.0 Å². The van der Waals surface area contributed by atoms with Crippen molar-refractivity contribution in [2.75, 3.05) is 19.5 Å². The zero-order valence-electron chi connectivity index (χ0n) is 8.00. The van der Waals surface area contributed by atoms with Crippen LogP contribution in [0.3, 0.4) is 0 Å². The van der Waals surface area contributed by atoms with E-state index in [4.69, 9.17) is 0 Å². The predicted molar refractivity (Wildman–Crippen MR) is 56.4 cm³/mol. The van der Waals surface area contributed by atoms with Crippen LogP contribution in [0.15, 0.2) is 10.7 Å². The second-order valence-electron chi connectivity index (χ2n) is 2.85. The summed E-state index contributed by atoms with van der Waals surface area (Å²) >= 11 is 3.33. The normalized spacial score (nSPS) is 10.5. The fourth-order valence-corrected chi connectivity index (χ4v) is 1.33. The molecule has 5 heteroatoms. The predicted octanol–water partition coefficient (Wildman–Crippen LogP) is 1.69. The summed E-state index contributed by atoms with van der Waals surface area (Å²) in [4.78, 5) is 8.50. The highest BCUT2D eigenvalue weighted by Gasteiger charge is 2.01. The Morgan fingerprint density at radius 3 is 2.69 bits per heavy atom. The molecule has 0 aliphatic carbocycles. The maximum Gasteiger partial charge on any atom is 0.145 e. The number of hydrogen-bond donors (Lipinski definition) is 1. The lowest BCUT2D eigenvalue weighted by Gasteiger charge is -2.12. The van der Waals surface area contributed by atoms with Crippen LogP contribution in [0.25, 0.3) is 0 Å². The minimum atomic E-state index is 0.809. The van der Waals surface area contributed by atoms with E-state index < -0.39 is 0 Å². The molecule has 0 spiro atoms. The van der Waals surface area contributed by atoms with Crippen molar-refractivity contribution in [3.8, 4) is 0 Å². The molecule has 1 heterocycles. The number of aromatic nitrogens is 2. The number of anilines is 1. The highest BCUT2D eigenvalue weighted by atomic mass is 79.9. The summed E-state index contributed by atoms with van der Waals surface area (Å²) in [5, 5.41) is 1.84. The van der Waals surface area contributed by atoms with Crippen molar-refractivity contribution in [3.63, 3.8) is 0 Å². The molecule has 1 rings (SSSR count). The van der Waals surface area contributed by atoms with Crippen LogP contribution in [-0.2, 0) is 6.42 Å². The lowest BCUT2D eigenvalue weighted by Crippen LogP contribution is -2.20. The Kier molecular flexibility index (Phi) is 3.62. The molecule has 1 N–H and O–H groups in total. The molecule has 13 heavy (non-hydrogen) atoms. The van der Waals surface area contributed by atoms with Crippen molar-refractivity contribution < 1.29 is 0 Å². The lowest BCUT2D eigenvalue weighted by atomic mass is 10.4. The Labute approximate surface area is 86.5 Å². The van der Waals surface area contributed by atoms with Crippen LogP contribution in [0.2, 0.25) is 0 Å². The maximum absolute atomic E-state index is 4.30. The van der Waals surface area contributed by atoms with Crippen molar-refractivity contribution in [1.29, 1.82) is 0 Å². The van der Waals surface area contributed by atoms with Crippen LogP contribution in [0.5, 0.6) is 0 Å². The van der Waals surface area contributed by atoms with Gasteiger partial charge in [-0.05, 0) is 15.9 Å². The largest absolute Gasteiger partial charge is 0.303 e. The first-order chi connectivity index (χ1) is 6.11. The van der Waals surface area contributed by atoms with E-state index in [-0.39, 0.29) is 0 Å². The van der Waals surface area contributed by atoms with Crippen LogP contribution in [0.4, 0.5) is 5.82 Å². The smallest absolute Gasteiger partial charge is 0.145 e. The van der Waals surface area contributed by atoms with Crippen molar-refractivity contribution in [2.45, 2.75) is 13.3 Å². The van der Waals surface area contributed by atoms with Gasteiger partial charge in [0, 0.05) is 26.6 Å². The van der Waals surface area contributed by atoms with E-state index in [2.05, 4.69) is 31.3 Å². The number of nitrogens with zero attached hydrogens (tertiary/aromatic N) is 3. The molecule has 0 saturated carbocycles. The monoisotopic (exact) mass is 244 g/mol. The third-order valence-corrected chi connectivity index (χ3v) is 1.80. The third-order valence-electron chi connectivity index (χ3n) is 1.40. The number of hydrogen-bond acceptors (Lipinski definition) is 4. The van der Waals surface area contributed by atoms with Crippen LogP contribution >= 0.6 is 15.9 Å². The highest BCUT2D eigenvalue weighted by molar-refractivity contribution is 9.10. The van der Waals surface area contributed by atoms with Gasteiger partial charge in [-0.1, -0.05) is 6.92 Å². The molecule has 1 aromatic rings.